The van der Waals surface area contributed by atoms with Crippen LogP contribution in [-0.4, -0.2) is 15.9 Å². The number of hydrogen-bond acceptors (Lipinski definition) is 5. The van der Waals surface area contributed by atoms with Gasteiger partial charge in [0.05, 0.1) is 16.8 Å². The number of furan rings is 1. The molecule has 7 heteroatoms. The summed E-state index contributed by atoms with van der Waals surface area (Å²) in [7, 11) is 0. The number of carbonyl (C=O) groups is 1. The van der Waals surface area contributed by atoms with Crippen LogP contribution < -0.4 is 4.90 Å². The molecule has 1 amide bonds. The van der Waals surface area contributed by atoms with Crippen LogP contribution in [0.15, 0.2) is 71.4 Å². The molecule has 0 aliphatic carbocycles. The molecule has 2 aromatic carbocycles. The molecule has 0 N–H and O–H groups in total. The summed E-state index contributed by atoms with van der Waals surface area (Å²) in [6.45, 7) is 2.26. The molecule has 0 saturated carbocycles. The highest BCUT2D eigenvalue weighted by Crippen LogP contribution is 2.35. The molecule has 0 atom stereocenters. The molecule has 5 rings (SSSR count). The quantitative estimate of drug-likeness (QED) is 0.336. The number of aryl methyl sites for hydroxylation is 1. The first kappa shape index (κ1) is 18.8. The molecule has 3 aromatic heterocycles. The summed E-state index contributed by atoms with van der Waals surface area (Å²) in [4.78, 5) is 24.1. The third-order valence-corrected chi connectivity index (χ3v) is 6.37. The largest absolute Gasteiger partial charge is 0.451 e. The molecule has 0 radical (unpaired) electrons. The minimum Gasteiger partial charge on any atom is -0.451 e. The first-order valence-electron chi connectivity index (χ1n) is 9.35. The van der Waals surface area contributed by atoms with Crippen LogP contribution in [0.5, 0.6) is 0 Å². The number of thiazole rings is 1. The van der Waals surface area contributed by atoms with Gasteiger partial charge in [0, 0.05) is 22.8 Å². The first-order chi connectivity index (χ1) is 14.6. The van der Waals surface area contributed by atoms with Gasteiger partial charge >= 0.3 is 0 Å². The Bertz CT molecular complexity index is 1340. The van der Waals surface area contributed by atoms with Crippen LogP contribution in [0.4, 0.5) is 5.13 Å². The van der Waals surface area contributed by atoms with E-state index in [-0.39, 0.29) is 11.7 Å². The summed E-state index contributed by atoms with van der Waals surface area (Å²) in [5.74, 6) is 0.0203. The van der Waals surface area contributed by atoms with Crippen molar-refractivity contribution in [2.45, 2.75) is 13.5 Å². The maximum atomic E-state index is 13.5. The van der Waals surface area contributed by atoms with Crippen molar-refractivity contribution in [2.24, 2.45) is 0 Å². The van der Waals surface area contributed by atoms with Gasteiger partial charge < -0.3 is 4.42 Å². The van der Waals surface area contributed by atoms with Gasteiger partial charge in [-0.05, 0) is 48.4 Å². The molecule has 0 fully saturated rings. The van der Waals surface area contributed by atoms with Crippen molar-refractivity contribution in [1.29, 1.82) is 0 Å². The van der Waals surface area contributed by atoms with Crippen LogP contribution in [0.1, 0.15) is 21.7 Å². The van der Waals surface area contributed by atoms with Crippen molar-refractivity contribution in [3.8, 4) is 0 Å². The molecule has 0 aliphatic heterocycles. The molecular weight excluding hydrogens is 418 g/mol. The monoisotopic (exact) mass is 433 g/mol. The Labute approximate surface area is 181 Å². The van der Waals surface area contributed by atoms with Gasteiger partial charge in [-0.15, -0.1) is 0 Å². The Kier molecular flexibility index (Phi) is 4.73. The van der Waals surface area contributed by atoms with Crippen molar-refractivity contribution in [2.75, 3.05) is 4.90 Å². The van der Waals surface area contributed by atoms with E-state index in [1.165, 1.54) is 11.3 Å². The fraction of sp³-hybridized carbons (Fsp3) is 0.0870. The van der Waals surface area contributed by atoms with Crippen LogP contribution in [-0.2, 0) is 6.54 Å². The molecule has 148 valence electrons. The molecule has 0 unspecified atom stereocenters. The lowest BCUT2D eigenvalue weighted by Gasteiger charge is -2.18. The minimum atomic E-state index is -0.252. The molecule has 30 heavy (non-hydrogen) atoms. The lowest BCUT2D eigenvalue weighted by atomic mass is 10.2. The van der Waals surface area contributed by atoms with Gasteiger partial charge in [0.2, 0.25) is 0 Å². The van der Waals surface area contributed by atoms with Gasteiger partial charge in [-0.1, -0.05) is 47.2 Å². The minimum absolute atomic E-state index is 0.252. The Morgan fingerprint density at radius 3 is 2.83 bits per heavy atom. The summed E-state index contributed by atoms with van der Waals surface area (Å²) in [6, 6.07) is 16.9. The van der Waals surface area contributed by atoms with Crippen molar-refractivity contribution in [3.63, 3.8) is 0 Å². The molecule has 5 nitrogen and oxygen atoms in total. The second-order valence-electron chi connectivity index (χ2n) is 6.92. The molecule has 3 heterocycles. The van der Waals surface area contributed by atoms with Crippen molar-refractivity contribution in [1.82, 2.24) is 9.97 Å². The summed E-state index contributed by atoms with van der Waals surface area (Å²) < 4.78 is 6.81. The fourth-order valence-electron chi connectivity index (χ4n) is 3.33. The van der Waals surface area contributed by atoms with Gasteiger partial charge in [-0.25, -0.2) is 4.98 Å². The van der Waals surface area contributed by atoms with E-state index >= 15 is 0 Å². The molecular formula is C23H16ClN3O2S. The van der Waals surface area contributed by atoms with Crippen LogP contribution in [0.2, 0.25) is 5.02 Å². The zero-order valence-electron chi connectivity index (χ0n) is 16.0. The van der Waals surface area contributed by atoms with Gasteiger partial charge in [0.15, 0.2) is 10.9 Å². The third-order valence-electron chi connectivity index (χ3n) is 4.91. The van der Waals surface area contributed by atoms with Gasteiger partial charge in [0.1, 0.15) is 5.58 Å². The van der Waals surface area contributed by atoms with Crippen LogP contribution >= 0.6 is 22.9 Å². The van der Waals surface area contributed by atoms with Crippen molar-refractivity contribution < 1.29 is 9.21 Å². The van der Waals surface area contributed by atoms with Crippen LogP contribution in [0, 0.1) is 6.92 Å². The van der Waals surface area contributed by atoms with Gasteiger partial charge in [-0.2, -0.15) is 0 Å². The van der Waals surface area contributed by atoms with E-state index in [2.05, 4.69) is 4.98 Å². The molecule has 5 aromatic rings. The zero-order valence-corrected chi connectivity index (χ0v) is 17.6. The van der Waals surface area contributed by atoms with E-state index < -0.39 is 0 Å². The topological polar surface area (TPSA) is 59.2 Å². The number of nitrogens with zero attached hydrogens (tertiary/aromatic N) is 3. The standard InChI is InChI=1S/C23H16ClN3O2S/c1-14-17(24)8-9-20-21(14)26-23(30-20)27(13-15-5-4-10-25-12-15)22(28)19-11-16-6-2-3-7-18(16)29-19/h2-12H,13H2,1H3. The second-order valence-corrected chi connectivity index (χ2v) is 8.33. The average molecular weight is 434 g/mol. The molecule has 0 spiro atoms. The maximum absolute atomic E-state index is 13.5. The summed E-state index contributed by atoms with van der Waals surface area (Å²) in [5.41, 5.74) is 3.27. The van der Waals surface area contributed by atoms with Crippen LogP contribution in [0.3, 0.4) is 0 Å². The van der Waals surface area contributed by atoms with Gasteiger partial charge in [0.25, 0.3) is 5.91 Å². The number of para-hydroxylation sites is 1. The fourth-order valence-corrected chi connectivity index (χ4v) is 4.50. The number of aromatic nitrogens is 2. The normalized spacial score (nSPS) is 11.3. The molecule has 0 bridgehead atoms. The SMILES string of the molecule is Cc1c(Cl)ccc2sc(N(Cc3cccnc3)C(=O)c3cc4ccccc4o3)nc12. The first-order valence-corrected chi connectivity index (χ1v) is 10.5. The Hall–Kier alpha value is -3.22. The van der Waals surface area contributed by atoms with E-state index in [1.54, 1.807) is 23.4 Å². The predicted molar refractivity (Wildman–Crippen MR) is 120 cm³/mol. The number of fused-ring (bicyclic) bond motifs is 2. The number of amides is 1. The number of hydrogen-bond donors (Lipinski definition) is 0. The number of anilines is 1. The summed E-state index contributed by atoms with van der Waals surface area (Å²) in [6.07, 6.45) is 3.45. The third kappa shape index (κ3) is 3.34. The lowest BCUT2D eigenvalue weighted by Crippen LogP contribution is -2.30. The maximum Gasteiger partial charge on any atom is 0.296 e. The van der Waals surface area contributed by atoms with Crippen molar-refractivity contribution in [3.05, 3.63) is 88.9 Å². The molecule has 0 aliphatic rings. The summed E-state index contributed by atoms with van der Waals surface area (Å²) in [5, 5.41) is 2.13. The number of halogens is 1. The zero-order chi connectivity index (χ0) is 20.7. The highest BCUT2D eigenvalue weighted by Gasteiger charge is 2.25. The lowest BCUT2D eigenvalue weighted by molar-refractivity contribution is 0.0960. The van der Waals surface area contributed by atoms with Crippen molar-refractivity contribution >= 4 is 55.2 Å². The number of carbonyl (C=O) groups excluding carboxylic acids is 1. The molecule has 0 saturated heterocycles. The van der Waals surface area contributed by atoms with E-state index in [0.717, 1.165) is 26.7 Å². The highest BCUT2D eigenvalue weighted by molar-refractivity contribution is 7.22. The van der Waals surface area contributed by atoms with E-state index in [4.69, 9.17) is 21.0 Å². The number of rotatable bonds is 4. The van der Waals surface area contributed by atoms with E-state index in [1.807, 2.05) is 55.5 Å². The Balaban J connectivity index is 1.61. The second kappa shape index (κ2) is 7.55. The van der Waals surface area contributed by atoms with Crippen LogP contribution in [0.25, 0.3) is 21.2 Å². The number of pyridine rings is 1. The highest BCUT2D eigenvalue weighted by atomic mass is 35.5. The Morgan fingerprint density at radius 2 is 2.03 bits per heavy atom. The number of benzene rings is 2. The smallest absolute Gasteiger partial charge is 0.296 e. The van der Waals surface area contributed by atoms with Gasteiger partial charge in [-0.3, -0.25) is 14.7 Å². The van der Waals surface area contributed by atoms with E-state index in [9.17, 15) is 4.79 Å². The summed E-state index contributed by atoms with van der Waals surface area (Å²) >= 11 is 7.72. The van der Waals surface area contributed by atoms with E-state index in [0.29, 0.717) is 22.3 Å². The Morgan fingerprint density at radius 1 is 1.17 bits per heavy atom. The predicted octanol–water partition coefficient (Wildman–Crippen LogP) is 6.25. The average Bonchev–Trinajstić information content (AvgIpc) is 3.39.